The quantitative estimate of drug-likeness (QED) is 0.652. The summed E-state index contributed by atoms with van der Waals surface area (Å²) in [4.78, 5) is 25.1. The van der Waals surface area contributed by atoms with Crippen LogP contribution in [0.25, 0.3) is 11.3 Å². The van der Waals surface area contributed by atoms with Gasteiger partial charge in [-0.2, -0.15) is 5.10 Å². The fourth-order valence-electron chi connectivity index (χ4n) is 3.24. The fraction of sp³-hybridized carbons (Fsp3) is 0.150. The molecule has 3 aromatic rings. The van der Waals surface area contributed by atoms with Gasteiger partial charge in [0.1, 0.15) is 11.9 Å². The first-order chi connectivity index (χ1) is 13.4. The van der Waals surface area contributed by atoms with Crippen molar-refractivity contribution in [1.29, 1.82) is 0 Å². The molecule has 8 heteroatoms. The molecular formula is C20H16Cl2N4O2. The number of rotatable bonds is 3. The molecule has 0 bridgehead atoms. The normalized spacial score (nSPS) is 15.7. The third-order valence-corrected chi connectivity index (χ3v) is 5.04. The summed E-state index contributed by atoms with van der Waals surface area (Å²) < 4.78 is 1.56. The Morgan fingerprint density at radius 3 is 2.61 bits per heavy atom. The lowest BCUT2D eigenvalue weighted by Gasteiger charge is -2.24. The number of aromatic nitrogens is 2. The molecule has 1 atom stereocenters. The maximum atomic E-state index is 12.9. The van der Waals surface area contributed by atoms with Crippen LogP contribution >= 0.6 is 23.2 Å². The molecule has 1 aromatic heterocycles. The lowest BCUT2D eigenvalue weighted by atomic mass is 10.1. The van der Waals surface area contributed by atoms with Gasteiger partial charge in [-0.05, 0) is 37.3 Å². The molecule has 28 heavy (non-hydrogen) atoms. The second-order valence-electron chi connectivity index (χ2n) is 6.54. The molecule has 1 aliphatic heterocycles. The van der Waals surface area contributed by atoms with Crippen molar-refractivity contribution in [3.8, 4) is 11.3 Å². The third-order valence-electron chi connectivity index (χ3n) is 4.57. The van der Waals surface area contributed by atoms with E-state index in [4.69, 9.17) is 23.2 Å². The largest absolute Gasteiger partial charge is 0.324 e. The topological polar surface area (TPSA) is 76.0 Å². The van der Waals surface area contributed by atoms with E-state index >= 15 is 0 Å². The molecule has 0 spiro atoms. The van der Waals surface area contributed by atoms with E-state index in [2.05, 4.69) is 15.7 Å². The first-order valence-corrected chi connectivity index (χ1v) is 9.39. The number of nitrogens with zero attached hydrogens (tertiary/aromatic N) is 2. The number of hydrogen-bond acceptors (Lipinski definition) is 3. The number of benzene rings is 2. The molecule has 2 N–H and O–H groups in total. The average Bonchev–Trinajstić information content (AvgIpc) is 2.98. The fourth-order valence-corrected chi connectivity index (χ4v) is 3.62. The monoisotopic (exact) mass is 414 g/mol. The molecule has 142 valence electrons. The lowest BCUT2D eigenvalue weighted by molar-refractivity contribution is -0.125. The van der Waals surface area contributed by atoms with E-state index in [0.717, 1.165) is 11.1 Å². The second-order valence-corrected chi connectivity index (χ2v) is 7.42. The minimum Gasteiger partial charge on any atom is -0.324 e. The number of carbonyl (C=O) groups is 2. The van der Waals surface area contributed by atoms with Crippen molar-refractivity contribution in [3.63, 3.8) is 0 Å². The Morgan fingerprint density at radius 2 is 1.89 bits per heavy atom. The number of amides is 2. The van der Waals surface area contributed by atoms with Crippen molar-refractivity contribution < 1.29 is 9.59 Å². The molecule has 0 saturated heterocycles. The van der Waals surface area contributed by atoms with Crippen LogP contribution < -0.4 is 10.6 Å². The number of fused-ring (bicyclic) bond motifs is 1. The first-order valence-electron chi connectivity index (χ1n) is 8.63. The van der Waals surface area contributed by atoms with Gasteiger partial charge in [0.2, 0.25) is 11.8 Å². The number of anilines is 2. The van der Waals surface area contributed by atoms with E-state index in [1.807, 2.05) is 19.1 Å². The molecule has 4 rings (SSSR count). The number of halogens is 2. The van der Waals surface area contributed by atoms with Crippen LogP contribution in [0.4, 0.5) is 11.5 Å². The van der Waals surface area contributed by atoms with Crippen molar-refractivity contribution in [2.45, 2.75) is 19.4 Å². The molecule has 0 radical (unpaired) electrons. The smallest absolute Gasteiger partial charge is 0.249 e. The zero-order valence-corrected chi connectivity index (χ0v) is 16.4. The Bertz CT molecular complexity index is 1090. The molecule has 6 nitrogen and oxygen atoms in total. The zero-order valence-electron chi connectivity index (χ0n) is 14.9. The summed E-state index contributed by atoms with van der Waals surface area (Å²) in [5.41, 5.74) is 2.82. The van der Waals surface area contributed by atoms with Gasteiger partial charge in [-0.1, -0.05) is 41.4 Å². The Morgan fingerprint density at radius 1 is 1.18 bits per heavy atom. The molecule has 0 fully saturated rings. The van der Waals surface area contributed by atoms with E-state index < -0.39 is 6.04 Å². The Kier molecular flexibility index (Phi) is 4.83. The van der Waals surface area contributed by atoms with Crippen LogP contribution in [-0.4, -0.2) is 21.6 Å². The molecule has 2 amide bonds. The summed E-state index contributed by atoms with van der Waals surface area (Å²) in [6, 6.07) is 13.4. The lowest BCUT2D eigenvalue weighted by Crippen LogP contribution is -2.35. The van der Waals surface area contributed by atoms with Gasteiger partial charge in [0.25, 0.3) is 0 Å². The van der Waals surface area contributed by atoms with E-state index in [1.165, 1.54) is 0 Å². The van der Waals surface area contributed by atoms with Crippen LogP contribution in [0.2, 0.25) is 10.0 Å². The van der Waals surface area contributed by atoms with Crippen molar-refractivity contribution in [3.05, 3.63) is 64.1 Å². The van der Waals surface area contributed by atoms with Crippen molar-refractivity contribution in [2.24, 2.45) is 0 Å². The maximum absolute atomic E-state index is 12.9. The molecule has 2 heterocycles. The summed E-state index contributed by atoms with van der Waals surface area (Å²) >= 11 is 12.1. The molecular weight excluding hydrogens is 399 g/mol. The average molecular weight is 415 g/mol. The van der Waals surface area contributed by atoms with E-state index in [1.54, 1.807) is 41.1 Å². The van der Waals surface area contributed by atoms with E-state index in [-0.39, 0.29) is 18.2 Å². The molecule has 1 aliphatic rings. The van der Waals surface area contributed by atoms with Gasteiger partial charge in [-0.25, -0.2) is 4.68 Å². The van der Waals surface area contributed by atoms with Gasteiger partial charge >= 0.3 is 0 Å². The van der Waals surface area contributed by atoms with Gasteiger partial charge in [0.05, 0.1) is 12.1 Å². The van der Waals surface area contributed by atoms with Gasteiger partial charge in [0, 0.05) is 26.9 Å². The van der Waals surface area contributed by atoms with Crippen LogP contribution in [0.5, 0.6) is 0 Å². The highest BCUT2D eigenvalue weighted by Crippen LogP contribution is 2.35. The highest BCUT2D eigenvalue weighted by molar-refractivity contribution is 6.31. The van der Waals surface area contributed by atoms with Crippen molar-refractivity contribution in [2.75, 3.05) is 10.6 Å². The van der Waals surface area contributed by atoms with Crippen molar-refractivity contribution in [1.82, 2.24) is 9.78 Å². The van der Waals surface area contributed by atoms with E-state index in [9.17, 15) is 9.59 Å². The van der Waals surface area contributed by atoms with Gasteiger partial charge in [-0.3, -0.25) is 9.59 Å². The minimum atomic E-state index is -0.769. The predicted octanol–water partition coefficient (Wildman–Crippen LogP) is 4.69. The van der Waals surface area contributed by atoms with Gasteiger partial charge < -0.3 is 10.6 Å². The molecule has 2 aromatic carbocycles. The number of hydrogen-bond donors (Lipinski definition) is 2. The Hall–Kier alpha value is -2.83. The highest BCUT2D eigenvalue weighted by Gasteiger charge is 2.34. The van der Waals surface area contributed by atoms with E-state index in [0.29, 0.717) is 27.2 Å². The zero-order chi connectivity index (χ0) is 19.8. The Labute approximate surface area is 171 Å². The molecule has 0 saturated carbocycles. The minimum absolute atomic E-state index is 0.00446. The van der Waals surface area contributed by atoms with Crippen LogP contribution in [-0.2, 0) is 9.59 Å². The summed E-state index contributed by atoms with van der Waals surface area (Å²) in [6.45, 7) is 1.85. The third kappa shape index (κ3) is 3.48. The van der Waals surface area contributed by atoms with Crippen LogP contribution in [0, 0.1) is 6.92 Å². The number of nitrogens with one attached hydrogen (secondary N) is 2. The SMILES string of the molecule is Cc1c(-c2cccc(Cl)c2)nn2c1NC(=O)CC2C(=O)Nc1cccc(Cl)c1. The van der Waals surface area contributed by atoms with Crippen molar-refractivity contribution >= 4 is 46.5 Å². The summed E-state index contributed by atoms with van der Waals surface area (Å²) in [6.07, 6.45) is -0.00446. The summed E-state index contributed by atoms with van der Waals surface area (Å²) in [5.74, 6) is -0.0598. The molecule has 1 unspecified atom stereocenters. The van der Waals surface area contributed by atoms with Gasteiger partial charge in [-0.15, -0.1) is 0 Å². The summed E-state index contributed by atoms with van der Waals surface area (Å²) in [7, 11) is 0. The standard InChI is InChI=1S/C20H16Cl2N4O2/c1-11-18(12-4-2-5-13(21)8-12)25-26-16(10-17(27)24-19(11)26)20(28)23-15-7-3-6-14(22)9-15/h2-9,16H,10H2,1H3,(H,23,28)(H,24,27). The molecule has 0 aliphatic carbocycles. The van der Waals surface area contributed by atoms with Crippen LogP contribution in [0.3, 0.4) is 0 Å². The second kappa shape index (κ2) is 7.30. The Balaban J connectivity index is 1.71. The maximum Gasteiger partial charge on any atom is 0.249 e. The number of carbonyl (C=O) groups excluding carboxylic acids is 2. The van der Waals surface area contributed by atoms with Crippen LogP contribution in [0.1, 0.15) is 18.0 Å². The van der Waals surface area contributed by atoms with Gasteiger partial charge in [0.15, 0.2) is 0 Å². The predicted molar refractivity (Wildman–Crippen MR) is 110 cm³/mol. The highest BCUT2D eigenvalue weighted by atomic mass is 35.5. The summed E-state index contributed by atoms with van der Waals surface area (Å²) in [5, 5.41) is 11.3. The first kappa shape index (κ1) is 18.5. The van der Waals surface area contributed by atoms with Crippen LogP contribution in [0.15, 0.2) is 48.5 Å².